The average molecular weight is 454 g/mol. The number of aliphatic imine (C=N–C) groups is 1. The summed E-state index contributed by atoms with van der Waals surface area (Å²) in [5, 5.41) is 2.68. The Labute approximate surface area is 181 Å². The zero-order valence-corrected chi connectivity index (χ0v) is 19.4. The molecule has 2 aliphatic heterocycles. The van der Waals surface area contributed by atoms with E-state index in [0.717, 1.165) is 16.8 Å². The molecule has 1 aromatic rings. The summed E-state index contributed by atoms with van der Waals surface area (Å²) >= 11 is 1.30. The van der Waals surface area contributed by atoms with Gasteiger partial charge in [-0.15, -0.1) is 0 Å². The molecule has 2 saturated heterocycles. The summed E-state index contributed by atoms with van der Waals surface area (Å²) in [7, 11) is -3.13. The minimum atomic E-state index is -3.13. The van der Waals surface area contributed by atoms with Crippen LogP contribution in [0.4, 0.5) is 10.5 Å². The van der Waals surface area contributed by atoms with Gasteiger partial charge in [0.05, 0.1) is 17.5 Å². The summed E-state index contributed by atoms with van der Waals surface area (Å²) in [6, 6.07) is 5.58. The van der Waals surface area contributed by atoms with Crippen LogP contribution < -0.4 is 10.2 Å². The zero-order chi connectivity index (χ0) is 22.3. The van der Waals surface area contributed by atoms with Crippen LogP contribution in [0.5, 0.6) is 0 Å². The van der Waals surface area contributed by atoms with Gasteiger partial charge in [-0.2, -0.15) is 4.99 Å². The normalized spacial score (nSPS) is 24.0. The van der Waals surface area contributed by atoms with Gasteiger partial charge in [0.2, 0.25) is 0 Å². The largest absolute Gasteiger partial charge is 0.444 e. The Balaban J connectivity index is 1.80. The molecule has 2 heterocycles. The molecule has 0 bridgehead atoms. The maximum atomic E-state index is 12.4. The monoisotopic (exact) mass is 453 g/mol. The van der Waals surface area contributed by atoms with Crippen LogP contribution >= 0.6 is 11.8 Å². The van der Waals surface area contributed by atoms with Gasteiger partial charge < -0.3 is 15.0 Å². The van der Waals surface area contributed by atoms with Crippen molar-refractivity contribution in [3.63, 3.8) is 0 Å². The molecule has 2 atom stereocenters. The number of thioether (sulfide) groups is 1. The molecule has 0 aliphatic carbocycles. The topological polar surface area (TPSA) is 105 Å². The quantitative estimate of drug-likeness (QED) is 0.749. The van der Waals surface area contributed by atoms with E-state index in [-0.39, 0.29) is 29.3 Å². The number of benzene rings is 1. The van der Waals surface area contributed by atoms with Crippen molar-refractivity contribution in [2.45, 2.75) is 51.5 Å². The lowest BCUT2D eigenvalue weighted by atomic mass is 10.1. The van der Waals surface area contributed by atoms with Crippen molar-refractivity contribution in [3.8, 4) is 0 Å². The number of sulfone groups is 1. The Bertz CT molecular complexity index is 998. The van der Waals surface area contributed by atoms with Gasteiger partial charge in [-0.05, 0) is 57.9 Å². The van der Waals surface area contributed by atoms with Crippen LogP contribution in [0.2, 0.25) is 0 Å². The number of amides is 2. The molecule has 10 heteroatoms. The third-order valence-corrected chi connectivity index (χ3v) is 8.05. The summed E-state index contributed by atoms with van der Waals surface area (Å²) < 4.78 is 29.4. The van der Waals surface area contributed by atoms with Crippen molar-refractivity contribution >= 4 is 44.5 Å². The molecule has 0 aromatic heterocycles. The maximum Gasteiger partial charge on any atom is 0.408 e. The number of carbonyl (C=O) groups excluding carboxylic acids is 2. The number of hydrogen-bond acceptors (Lipinski definition) is 6. The Hall–Kier alpha value is -2.07. The second-order valence-electron chi connectivity index (χ2n) is 8.58. The van der Waals surface area contributed by atoms with Crippen LogP contribution in [0.3, 0.4) is 0 Å². The van der Waals surface area contributed by atoms with Gasteiger partial charge in [0.25, 0.3) is 5.91 Å². The number of alkyl carbamates (subject to hydrolysis) is 1. The van der Waals surface area contributed by atoms with E-state index in [1.807, 2.05) is 36.9 Å². The van der Waals surface area contributed by atoms with Crippen LogP contribution in [0.25, 0.3) is 0 Å². The number of fused-ring (bicyclic) bond motifs is 1. The molecule has 0 unspecified atom stereocenters. The van der Waals surface area contributed by atoms with E-state index >= 15 is 0 Å². The molecule has 2 amide bonds. The SMILES string of the molecule is Cc1ccc(N2C(=NC(=O)CNC(=O)OC(C)(C)C)S[C@H]3CS(=O)(=O)C[C@H]32)cc1C. The third kappa shape index (κ3) is 5.34. The number of anilines is 1. The molecule has 164 valence electrons. The van der Waals surface area contributed by atoms with Crippen molar-refractivity contribution in [1.29, 1.82) is 0 Å². The van der Waals surface area contributed by atoms with Crippen molar-refractivity contribution < 1.29 is 22.7 Å². The summed E-state index contributed by atoms with van der Waals surface area (Å²) in [6.45, 7) is 8.89. The second kappa shape index (κ2) is 8.22. The molecule has 0 saturated carbocycles. The lowest BCUT2D eigenvalue weighted by Crippen LogP contribution is -2.38. The summed E-state index contributed by atoms with van der Waals surface area (Å²) in [4.78, 5) is 30.2. The molecular weight excluding hydrogens is 426 g/mol. The van der Waals surface area contributed by atoms with Gasteiger partial charge in [0, 0.05) is 10.9 Å². The van der Waals surface area contributed by atoms with Gasteiger partial charge in [-0.1, -0.05) is 17.8 Å². The molecule has 2 aliphatic rings. The minimum absolute atomic E-state index is 0.0287. The van der Waals surface area contributed by atoms with Crippen LogP contribution in [0.1, 0.15) is 31.9 Å². The van der Waals surface area contributed by atoms with Crippen LogP contribution in [0.15, 0.2) is 23.2 Å². The predicted octanol–water partition coefficient (Wildman–Crippen LogP) is 2.43. The van der Waals surface area contributed by atoms with Crippen molar-refractivity contribution in [1.82, 2.24) is 5.32 Å². The van der Waals surface area contributed by atoms with Crippen LogP contribution in [-0.4, -0.2) is 60.5 Å². The number of carbonyl (C=O) groups is 2. The number of aryl methyl sites for hydroxylation is 2. The van der Waals surface area contributed by atoms with Gasteiger partial charge >= 0.3 is 6.09 Å². The second-order valence-corrected chi connectivity index (χ2v) is 11.9. The number of amidine groups is 1. The number of nitrogens with zero attached hydrogens (tertiary/aromatic N) is 2. The van der Waals surface area contributed by atoms with Gasteiger partial charge in [0.1, 0.15) is 12.1 Å². The molecular formula is C20H27N3O5S2. The molecule has 1 aromatic carbocycles. The van der Waals surface area contributed by atoms with Crippen molar-refractivity contribution in [2.75, 3.05) is 23.0 Å². The Kier molecular flexibility index (Phi) is 6.20. The maximum absolute atomic E-state index is 12.4. The van der Waals surface area contributed by atoms with E-state index in [2.05, 4.69) is 10.3 Å². The zero-order valence-electron chi connectivity index (χ0n) is 17.8. The molecule has 3 rings (SSSR count). The highest BCUT2D eigenvalue weighted by Crippen LogP contribution is 2.41. The fraction of sp³-hybridized carbons (Fsp3) is 0.550. The fourth-order valence-electron chi connectivity index (χ4n) is 3.35. The highest BCUT2D eigenvalue weighted by molar-refractivity contribution is 8.16. The van der Waals surface area contributed by atoms with Gasteiger partial charge in [-0.25, -0.2) is 13.2 Å². The van der Waals surface area contributed by atoms with Crippen molar-refractivity contribution in [2.24, 2.45) is 4.99 Å². The minimum Gasteiger partial charge on any atom is -0.444 e. The lowest BCUT2D eigenvalue weighted by molar-refractivity contribution is -0.117. The highest BCUT2D eigenvalue weighted by Gasteiger charge is 2.49. The predicted molar refractivity (Wildman–Crippen MR) is 119 cm³/mol. The highest BCUT2D eigenvalue weighted by atomic mass is 32.2. The van der Waals surface area contributed by atoms with E-state index in [9.17, 15) is 18.0 Å². The van der Waals surface area contributed by atoms with Crippen LogP contribution in [-0.2, 0) is 19.4 Å². The Morgan fingerprint density at radius 1 is 1.23 bits per heavy atom. The number of rotatable bonds is 3. The summed E-state index contributed by atoms with van der Waals surface area (Å²) in [5.74, 6) is -0.436. The number of hydrogen-bond donors (Lipinski definition) is 1. The average Bonchev–Trinajstić information content (AvgIpc) is 3.05. The summed E-state index contributed by atoms with van der Waals surface area (Å²) in [5.41, 5.74) is 2.34. The molecule has 0 spiro atoms. The van der Waals surface area contributed by atoms with Gasteiger partial charge in [0.15, 0.2) is 15.0 Å². The van der Waals surface area contributed by atoms with E-state index in [4.69, 9.17) is 4.74 Å². The fourth-order valence-corrected chi connectivity index (χ4v) is 7.28. The first kappa shape index (κ1) is 22.6. The molecule has 2 fully saturated rings. The number of ether oxygens (including phenoxy) is 1. The van der Waals surface area contributed by atoms with E-state index in [0.29, 0.717) is 5.17 Å². The van der Waals surface area contributed by atoms with Crippen LogP contribution in [0, 0.1) is 13.8 Å². The first-order chi connectivity index (χ1) is 13.8. The third-order valence-electron chi connectivity index (χ3n) is 4.84. The molecule has 8 nitrogen and oxygen atoms in total. The molecule has 1 N–H and O–H groups in total. The van der Waals surface area contributed by atoms with Crippen molar-refractivity contribution in [3.05, 3.63) is 29.3 Å². The summed E-state index contributed by atoms with van der Waals surface area (Å²) in [6.07, 6.45) is -0.691. The Morgan fingerprint density at radius 2 is 1.93 bits per heavy atom. The van der Waals surface area contributed by atoms with E-state index in [1.54, 1.807) is 20.8 Å². The van der Waals surface area contributed by atoms with E-state index < -0.39 is 27.4 Å². The smallest absolute Gasteiger partial charge is 0.408 e. The standard InChI is InChI=1S/C20H27N3O5S2/c1-12-6-7-14(8-13(12)2)23-15-10-30(26,27)11-16(15)29-18(23)22-17(24)9-21-19(25)28-20(3,4)5/h6-8,15-16H,9-11H2,1-5H3,(H,21,25)/t15-,16+/m1/s1. The first-order valence-electron chi connectivity index (χ1n) is 9.66. The number of nitrogens with one attached hydrogen (secondary N) is 1. The lowest BCUT2D eigenvalue weighted by Gasteiger charge is -2.25. The van der Waals surface area contributed by atoms with Gasteiger partial charge in [-0.3, -0.25) is 4.79 Å². The first-order valence-corrected chi connectivity index (χ1v) is 12.4. The van der Waals surface area contributed by atoms with E-state index in [1.165, 1.54) is 11.8 Å². The molecule has 30 heavy (non-hydrogen) atoms. The Morgan fingerprint density at radius 3 is 2.57 bits per heavy atom. The molecule has 0 radical (unpaired) electrons.